The number of hydrogen-bond donors (Lipinski definition) is 1. The second-order valence-corrected chi connectivity index (χ2v) is 6.40. The molecule has 0 spiro atoms. The molecule has 2 aromatic rings. The van der Waals surface area contributed by atoms with Gasteiger partial charge in [-0.25, -0.2) is 4.68 Å². The minimum atomic E-state index is 0.0203. The summed E-state index contributed by atoms with van der Waals surface area (Å²) in [4.78, 5) is 15.2. The summed E-state index contributed by atoms with van der Waals surface area (Å²) >= 11 is 0. The van der Waals surface area contributed by atoms with Crippen LogP contribution in [0.2, 0.25) is 0 Å². The number of para-hydroxylation sites is 1. The van der Waals surface area contributed by atoms with Gasteiger partial charge in [0.1, 0.15) is 0 Å². The number of aliphatic hydroxyl groups excluding tert-OH is 1. The molecule has 1 aliphatic rings. The summed E-state index contributed by atoms with van der Waals surface area (Å²) < 4.78 is 9.15. The zero-order valence-corrected chi connectivity index (χ0v) is 14.3. The molecule has 1 aliphatic heterocycles. The number of rotatable bonds is 4. The number of nitrogens with zero attached hydrogens (tertiary/aromatic N) is 3. The molecule has 1 aromatic carbocycles. The van der Waals surface area contributed by atoms with Crippen molar-refractivity contribution in [1.82, 2.24) is 14.3 Å². The maximum atomic E-state index is 13.0. The molecule has 0 amide bonds. The lowest BCUT2D eigenvalue weighted by atomic mass is 10.1. The van der Waals surface area contributed by atoms with E-state index in [-0.39, 0.29) is 18.1 Å². The van der Waals surface area contributed by atoms with E-state index in [0.29, 0.717) is 19.8 Å². The van der Waals surface area contributed by atoms with E-state index in [2.05, 4.69) is 4.90 Å². The molecular weight excluding hydrogens is 306 g/mol. The predicted octanol–water partition coefficient (Wildman–Crippen LogP) is 0.925. The van der Waals surface area contributed by atoms with E-state index in [1.165, 1.54) is 0 Å². The standard InChI is InChI=1S/C18H25N3O3/c1-14-17(11-20-8-9-24-13-15(10-20)12-22)18(23)21(19(14)2)16-6-4-3-5-7-16/h3-7,15,22H,8-13H2,1-2H3/t15-/m0/s1. The quantitative estimate of drug-likeness (QED) is 0.905. The molecule has 1 saturated heterocycles. The maximum Gasteiger partial charge on any atom is 0.276 e. The van der Waals surface area contributed by atoms with Crippen LogP contribution in [0.5, 0.6) is 0 Å². The summed E-state index contributed by atoms with van der Waals surface area (Å²) in [6, 6.07) is 9.68. The highest BCUT2D eigenvalue weighted by Crippen LogP contribution is 2.14. The lowest BCUT2D eigenvalue weighted by Gasteiger charge is -2.21. The van der Waals surface area contributed by atoms with Crippen molar-refractivity contribution in [3.05, 3.63) is 51.9 Å². The Kier molecular flexibility index (Phi) is 5.18. The Balaban J connectivity index is 1.90. The number of hydrogen-bond acceptors (Lipinski definition) is 4. The molecule has 0 radical (unpaired) electrons. The largest absolute Gasteiger partial charge is 0.396 e. The van der Waals surface area contributed by atoms with Crippen LogP contribution >= 0.6 is 0 Å². The molecule has 6 heteroatoms. The van der Waals surface area contributed by atoms with Gasteiger partial charge in [-0.15, -0.1) is 0 Å². The Morgan fingerprint density at radius 1 is 1.29 bits per heavy atom. The van der Waals surface area contributed by atoms with Crippen LogP contribution in [0.15, 0.2) is 35.1 Å². The first kappa shape index (κ1) is 17.0. The van der Waals surface area contributed by atoms with Crippen LogP contribution in [0.4, 0.5) is 0 Å². The van der Waals surface area contributed by atoms with Crippen molar-refractivity contribution in [1.29, 1.82) is 0 Å². The molecular formula is C18H25N3O3. The van der Waals surface area contributed by atoms with Gasteiger partial charge in [0.2, 0.25) is 0 Å². The number of ether oxygens (including phenoxy) is 1. The van der Waals surface area contributed by atoms with Crippen molar-refractivity contribution in [3.63, 3.8) is 0 Å². The average Bonchev–Trinajstić information content (AvgIpc) is 2.78. The molecule has 6 nitrogen and oxygen atoms in total. The minimum absolute atomic E-state index is 0.0203. The van der Waals surface area contributed by atoms with E-state index >= 15 is 0 Å². The molecule has 1 atom stereocenters. The molecule has 1 fully saturated rings. The van der Waals surface area contributed by atoms with Gasteiger partial charge in [-0.2, -0.15) is 0 Å². The highest BCUT2D eigenvalue weighted by atomic mass is 16.5. The first-order chi connectivity index (χ1) is 11.6. The summed E-state index contributed by atoms with van der Waals surface area (Å²) in [5.41, 5.74) is 2.66. The summed E-state index contributed by atoms with van der Waals surface area (Å²) in [7, 11) is 1.91. The Morgan fingerprint density at radius 2 is 2.04 bits per heavy atom. The Morgan fingerprint density at radius 3 is 2.75 bits per heavy atom. The van der Waals surface area contributed by atoms with E-state index in [4.69, 9.17) is 4.74 Å². The Bertz CT molecular complexity index is 736. The van der Waals surface area contributed by atoms with E-state index in [1.807, 2.05) is 49.0 Å². The normalized spacial score (nSPS) is 19.4. The summed E-state index contributed by atoms with van der Waals surface area (Å²) in [5, 5.41) is 9.43. The van der Waals surface area contributed by atoms with Crippen LogP contribution in [0, 0.1) is 12.8 Å². The van der Waals surface area contributed by atoms with Crippen molar-refractivity contribution in [2.75, 3.05) is 32.9 Å². The van der Waals surface area contributed by atoms with Crippen LogP contribution in [0.3, 0.4) is 0 Å². The molecule has 1 aromatic heterocycles. The topological polar surface area (TPSA) is 59.6 Å². The van der Waals surface area contributed by atoms with E-state index in [9.17, 15) is 9.90 Å². The van der Waals surface area contributed by atoms with Crippen molar-refractivity contribution in [3.8, 4) is 5.69 Å². The van der Waals surface area contributed by atoms with Gasteiger partial charge in [0.05, 0.1) is 24.5 Å². The van der Waals surface area contributed by atoms with Gasteiger partial charge in [-0.1, -0.05) is 18.2 Å². The van der Waals surface area contributed by atoms with Crippen molar-refractivity contribution in [2.24, 2.45) is 13.0 Å². The van der Waals surface area contributed by atoms with Gasteiger partial charge in [-0.3, -0.25) is 14.4 Å². The molecule has 0 unspecified atom stereocenters. The number of aliphatic hydroxyl groups is 1. The second kappa shape index (κ2) is 7.34. The minimum Gasteiger partial charge on any atom is -0.396 e. The van der Waals surface area contributed by atoms with Gasteiger partial charge in [0, 0.05) is 44.9 Å². The fourth-order valence-corrected chi connectivity index (χ4v) is 3.24. The van der Waals surface area contributed by atoms with Gasteiger partial charge < -0.3 is 9.84 Å². The molecule has 0 saturated carbocycles. The predicted molar refractivity (Wildman–Crippen MR) is 92.4 cm³/mol. The fourth-order valence-electron chi connectivity index (χ4n) is 3.24. The highest BCUT2D eigenvalue weighted by Gasteiger charge is 2.22. The number of benzene rings is 1. The lowest BCUT2D eigenvalue weighted by molar-refractivity contribution is 0.0958. The molecule has 130 valence electrons. The van der Waals surface area contributed by atoms with Crippen LogP contribution < -0.4 is 5.56 Å². The Hall–Kier alpha value is -1.89. The van der Waals surface area contributed by atoms with Gasteiger partial charge >= 0.3 is 0 Å². The van der Waals surface area contributed by atoms with Crippen LogP contribution in [0.1, 0.15) is 11.3 Å². The van der Waals surface area contributed by atoms with E-state index in [1.54, 1.807) is 4.68 Å². The summed E-state index contributed by atoms with van der Waals surface area (Å²) in [6.07, 6.45) is 0. The van der Waals surface area contributed by atoms with Crippen LogP contribution in [0.25, 0.3) is 5.69 Å². The molecule has 3 rings (SSSR count). The third-order valence-electron chi connectivity index (χ3n) is 4.74. The zero-order chi connectivity index (χ0) is 17.1. The zero-order valence-electron chi connectivity index (χ0n) is 14.3. The van der Waals surface area contributed by atoms with Crippen LogP contribution in [-0.2, 0) is 18.3 Å². The van der Waals surface area contributed by atoms with Gasteiger partial charge in [0.25, 0.3) is 5.56 Å². The van der Waals surface area contributed by atoms with Gasteiger partial charge in [-0.05, 0) is 19.1 Å². The van der Waals surface area contributed by atoms with E-state index in [0.717, 1.165) is 30.0 Å². The Labute approximate surface area is 141 Å². The number of aromatic nitrogens is 2. The third-order valence-corrected chi connectivity index (χ3v) is 4.74. The fraction of sp³-hybridized carbons (Fsp3) is 0.500. The molecule has 1 N–H and O–H groups in total. The SMILES string of the molecule is Cc1c(CN2CCOC[C@H](CO)C2)c(=O)n(-c2ccccc2)n1C. The molecule has 0 aliphatic carbocycles. The maximum absolute atomic E-state index is 13.0. The second-order valence-electron chi connectivity index (χ2n) is 6.40. The van der Waals surface area contributed by atoms with Crippen LogP contribution in [-0.4, -0.2) is 52.3 Å². The van der Waals surface area contributed by atoms with Gasteiger partial charge in [0.15, 0.2) is 0 Å². The molecule has 0 bridgehead atoms. The smallest absolute Gasteiger partial charge is 0.276 e. The first-order valence-electron chi connectivity index (χ1n) is 8.35. The first-order valence-corrected chi connectivity index (χ1v) is 8.35. The lowest BCUT2D eigenvalue weighted by Crippen LogP contribution is -2.33. The van der Waals surface area contributed by atoms with Crippen molar-refractivity contribution >= 4 is 0 Å². The third kappa shape index (κ3) is 3.31. The summed E-state index contributed by atoms with van der Waals surface area (Å²) in [5.74, 6) is 0.105. The highest BCUT2D eigenvalue weighted by molar-refractivity contribution is 5.33. The van der Waals surface area contributed by atoms with E-state index < -0.39 is 0 Å². The average molecular weight is 331 g/mol. The molecule has 2 heterocycles. The molecule has 24 heavy (non-hydrogen) atoms. The van der Waals surface area contributed by atoms with Crippen molar-refractivity contribution in [2.45, 2.75) is 13.5 Å². The summed E-state index contributed by atoms with van der Waals surface area (Å²) in [6.45, 7) is 5.40. The van der Waals surface area contributed by atoms with Crippen molar-refractivity contribution < 1.29 is 9.84 Å². The monoisotopic (exact) mass is 331 g/mol.